The zero-order chi connectivity index (χ0) is 17.4. The number of para-hydroxylation sites is 1. The fraction of sp³-hybridized carbons (Fsp3) is 0.211. The molecule has 3 rings (SSSR count). The van der Waals surface area contributed by atoms with Crippen molar-refractivity contribution in [2.75, 3.05) is 26.1 Å². The van der Waals surface area contributed by atoms with Crippen LogP contribution in [0.15, 0.2) is 48.2 Å². The lowest BCUT2D eigenvalue weighted by atomic mass is 10.1. The van der Waals surface area contributed by atoms with Crippen molar-refractivity contribution in [2.45, 2.75) is 6.92 Å². The quantitative estimate of drug-likeness (QED) is 0.779. The molecule has 0 spiro atoms. The van der Waals surface area contributed by atoms with Crippen LogP contribution in [0.25, 0.3) is 5.57 Å². The molecule has 124 valence electrons. The van der Waals surface area contributed by atoms with E-state index in [0.29, 0.717) is 16.3 Å². The maximum Gasteiger partial charge on any atom is 0.265 e. The van der Waals surface area contributed by atoms with Gasteiger partial charge in [-0.25, -0.2) is 0 Å². The maximum atomic E-state index is 13.1. The number of allylic oxidation sites excluding steroid dienone is 1. The fourth-order valence-electron chi connectivity index (χ4n) is 2.84. The Balaban J connectivity index is 2.19. The van der Waals surface area contributed by atoms with Gasteiger partial charge in [-0.1, -0.05) is 29.8 Å². The standard InChI is InChI=1S/C19H19ClN2O2/c1-12(21(2)3)18-14-7-5-6-8-16(14)22(19(18)23)13-9-10-17(24-4)15(20)11-13/h5-11H,1-4H3. The lowest BCUT2D eigenvalue weighted by Crippen LogP contribution is -2.22. The van der Waals surface area contributed by atoms with Crippen LogP contribution in [0.3, 0.4) is 0 Å². The summed E-state index contributed by atoms with van der Waals surface area (Å²) >= 11 is 6.25. The van der Waals surface area contributed by atoms with E-state index in [9.17, 15) is 4.79 Å². The van der Waals surface area contributed by atoms with Gasteiger partial charge >= 0.3 is 0 Å². The van der Waals surface area contributed by atoms with Crippen molar-refractivity contribution < 1.29 is 9.53 Å². The van der Waals surface area contributed by atoms with E-state index >= 15 is 0 Å². The van der Waals surface area contributed by atoms with Crippen LogP contribution in [0.1, 0.15) is 12.5 Å². The summed E-state index contributed by atoms with van der Waals surface area (Å²) in [6.45, 7) is 1.95. The summed E-state index contributed by atoms with van der Waals surface area (Å²) in [6, 6.07) is 13.2. The summed E-state index contributed by atoms with van der Waals surface area (Å²) in [5.74, 6) is 0.532. The van der Waals surface area contributed by atoms with Gasteiger partial charge in [0.1, 0.15) is 5.75 Å². The smallest absolute Gasteiger partial charge is 0.265 e. The molecule has 1 amide bonds. The second-order valence-corrected chi connectivity index (χ2v) is 6.24. The molecule has 0 aliphatic carbocycles. The Kier molecular flexibility index (Phi) is 4.24. The lowest BCUT2D eigenvalue weighted by molar-refractivity contribution is -0.112. The number of carbonyl (C=O) groups is 1. The van der Waals surface area contributed by atoms with E-state index < -0.39 is 0 Å². The Labute approximate surface area is 146 Å². The van der Waals surface area contributed by atoms with Crippen molar-refractivity contribution >= 4 is 34.5 Å². The molecule has 4 nitrogen and oxygen atoms in total. The Bertz CT molecular complexity index is 843. The second-order valence-electron chi connectivity index (χ2n) is 5.83. The predicted molar refractivity (Wildman–Crippen MR) is 97.9 cm³/mol. The summed E-state index contributed by atoms with van der Waals surface area (Å²) in [5.41, 5.74) is 4.15. The third-order valence-electron chi connectivity index (χ3n) is 4.26. The number of amides is 1. The SMILES string of the molecule is COc1ccc(N2C(=O)C(=C(C)N(C)C)c3ccccc32)cc1Cl. The number of nitrogens with zero attached hydrogens (tertiary/aromatic N) is 2. The zero-order valence-electron chi connectivity index (χ0n) is 14.1. The number of ether oxygens (including phenoxy) is 1. The van der Waals surface area contributed by atoms with E-state index in [-0.39, 0.29) is 5.91 Å². The first-order valence-electron chi connectivity index (χ1n) is 7.61. The Morgan fingerprint density at radius 1 is 1.17 bits per heavy atom. The van der Waals surface area contributed by atoms with Crippen molar-refractivity contribution in [3.05, 3.63) is 58.7 Å². The molecule has 5 heteroatoms. The van der Waals surface area contributed by atoms with Gasteiger partial charge in [-0.05, 0) is 31.2 Å². The van der Waals surface area contributed by atoms with Crippen molar-refractivity contribution in [1.82, 2.24) is 4.90 Å². The predicted octanol–water partition coefficient (Wildman–Crippen LogP) is 4.32. The number of hydrogen-bond donors (Lipinski definition) is 0. The number of carbonyl (C=O) groups excluding carboxylic acids is 1. The molecule has 0 radical (unpaired) electrons. The minimum atomic E-state index is -0.0522. The first-order valence-corrected chi connectivity index (χ1v) is 7.99. The molecule has 0 saturated carbocycles. The number of hydrogen-bond acceptors (Lipinski definition) is 3. The highest BCUT2D eigenvalue weighted by Gasteiger charge is 2.35. The molecule has 1 aliphatic heterocycles. The Morgan fingerprint density at radius 3 is 2.50 bits per heavy atom. The molecule has 0 atom stereocenters. The van der Waals surface area contributed by atoms with Crippen LogP contribution >= 0.6 is 11.6 Å². The largest absolute Gasteiger partial charge is 0.495 e. The first-order chi connectivity index (χ1) is 11.5. The molecule has 2 aromatic carbocycles. The monoisotopic (exact) mass is 342 g/mol. The lowest BCUT2D eigenvalue weighted by Gasteiger charge is -2.19. The highest BCUT2D eigenvalue weighted by Crippen LogP contribution is 2.44. The minimum Gasteiger partial charge on any atom is -0.495 e. The summed E-state index contributed by atoms with van der Waals surface area (Å²) in [6.07, 6.45) is 0. The van der Waals surface area contributed by atoms with E-state index in [1.165, 1.54) is 0 Å². The molecule has 0 aromatic heterocycles. The van der Waals surface area contributed by atoms with Crippen molar-refractivity contribution in [3.63, 3.8) is 0 Å². The van der Waals surface area contributed by atoms with Gasteiger partial charge in [0, 0.05) is 25.4 Å². The van der Waals surface area contributed by atoms with Gasteiger partial charge in [0.2, 0.25) is 0 Å². The zero-order valence-corrected chi connectivity index (χ0v) is 14.9. The van der Waals surface area contributed by atoms with Gasteiger partial charge in [0.15, 0.2) is 0 Å². The summed E-state index contributed by atoms with van der Waals surface area (Å²) < 4.78 is 5.20. The Morgan fingerprint density at radius 2 is 1.88 bits per heavy atom. The molecule has 24 heavy (non-hydrogen) atoms. The molecular weight excluding hydrogens is 324 g/mol. The van der Waals surface area contributed by atoms with Gasteiger partial charge in [0.25, 0.3) is 5.91 Å². The highest BCUT2D eigenvalue weighted by atomic mass is 35.5. The summed E-state index contributed by atoms with van der Waals surface area (Å²) in [4.78, 5) is 16.8. The van der Waals surface area contributed by atoms with Gasteiger partial charge in [-0.3, -0.25) is 9.69 Å². The normalized spacial score (nSPS) is 15.4. The molecule has 0 N–H and O–H groups in total. The minimum absolute atomic E-state index is 0.0522. The summed E-state index contributed by atoms with van der Waals surface area (Å²) in [7, 11) is 5.44. The third-order valence-corrected chi connectivity index (χ3v) is 4.55. The Hall–Kier alpha value is -2.46. The van der Waals surface area contributed by atoms with Crippen LogP contribution < -0.4 is 9.64 Å². The molecule has 1 heterocycles. The van der Waals surface area contributed by atoms with Crippen LogP contribution in [0.5, 0.6) is 5.75 Å². The number of anilines is 2. The van der Waals surface area contributed by atoms with Gasteiger partial charge in [-0.15, -0.1) is 0 Å². The van der Waals surface area contributed by atoms with E-state index in [1.807, 2.05) is 56.3 Å². The molecule has 2 aromatic rings. The first kappa shape index (κ1) is 16.4. The number of halogens is 1. The van der Waals surface area contributed by atoms with Crippen LogP contribution in [-0.2, 0) is 4.79 Å². The molecular formula is C19H19ClN2O2. The van der Waals surface area contributed by atoms with Crippen LogP contribution in [0, 0.1) is 0 Å². The van der Waals surface area contributed by atoms with Crippen LogP contribution in [0.4, 0.5) is 11.4 Å². The number of benzene rings is 2. The van der Waals surface area contributed by atoms with Crippen LogP contribution in [-0.4, -0.2) is 32.0 Å². The second kappa shape index (κ2) is 6.21. The molecule has 0 unspecified atom stereocenters. The maximum absolute atomic E-state index is 13.1. The highest BCUT2D eigenvalue weighted by molar-refractivity contribution is 6.36. The van der Waals surface area contributed by atoms with Crippen molar-refractivity contribution in [2.24, 2.45) is 0 Å². The average molecular weight is 343 g/mol. The number of methoxy groups -OCH3 is 1. The van der Waals surface area contributed by atoms with Gasteiger partial charge in [0.05, 0.1) is 29.1 Å². The van der Waals surface area contributed by atoms with Gasteiger partial charge < -0.3 is 9.64 Å². The van der Waals surface area contributed by atoms with E-state index in [0.717, 1.165) is 22.6 Å². The topological polar surface area (TPSA) is 32.8 Å². The molecule has 0 saturated heterocycles. The van der Waals surface area contributed by atoms with E-state index in [1.54, 1.807) is 24.1 Å². The fourth-order valence-corrected chi connectivity index (χ4v) is 3.09. The van der Waals surface area contributed by atoms with Crippen molar-refractivity contribution in [1.29, 1.82) is 0 Å². The molecule has 1 aliphatic rings. The summed E-state index contributed by atoms with van der Waals surface area (Å²) in [5, 5.41) is 0.474. The third kappa shape index (κ3) is 2.53. The van der Waals surface area contributed by atoms with Crippen molar-refractivity contribution in [3.8, 4) is 5.75 Å². The van der Waals surface area contributed by atoms with Crippen LogP contribution in [0.2, 0.25) is 5.02 Å². The van der Waals surface area contributed by atoms with E-state index in [2.05, 4.69) is 0 Å². The van der Waals surface area contributed by atoms with E-state index in [4.69, 9.17) is 16.3 Å². The number of fused-ring (bicyclic) bond motifs is 1. The molecule has 0 fully saturated rings. The average Bonchev–Trinajstić information content (AvgIpc) is 2.85. The number of rotatable bonds is 3. The molecule has 0 bridgehead atoms. The van der Waals surface area contributed by atoms with Gasteiger partial charge in [-0.2, -0.15) is 0 Å².